The van der Waals surface area contributed by atoms with Gasteiger partial charge in [0.2, 0.25) is 0 Å². The van der Waals surface area contributed by atoms with Gasteiger partial charge in [0.1, 0.15) is 5.75 Å². The fraction of sp³-hybridized carbons (Fsp3) is 0.600. The summed E-state index contributed by atoms with van der Waals surface area (Å²) in [5.74, 6) is -0.191. The zero-order valence-electron chi connectivity index (χ0n) is 11.5. The van der Waals surface area contributed by atoms with Crippen molar-refractivity contribution in [3.05, 3.63) is 29.8 Å². The first-order valence-corrected chi connectivity index (χ1v) is 7.19. The summed E-state index contributed by atoms with van der Waals surface area (Å²) in [6.45, 7) is 0.717. The number of alkyl halides is 3. The number of ether oxygens (including phenoxy) is 1. The van der Waals surface area contributed by atoms with Crippen molar-refractivity contribution in [1.29, 1.82) is 0 Å². The highest BCUT2D eigenvalue weighted by atomic mass is 19.4. The third-order valence-electron chi connectivity index (χ3n) is 4.38. The van der Waals surface area contributed by atoms with Crippen LogP contribution in [0.2, 0.25) is 0 Å². The zero-order chi connectivity index (χ0) is 15.0. The van der Waals surface area contributed by atoms with Crippen LogP contribution in [-0.4, -0.2) is 34.6 Å². The molecule has 116 valence electrons. The molecule has 3 rings (SSSR count). The van der Waals surface area contributed by atoms with Crippen LogP contribution in [0.15, 0.2) is 24.3 Å². The van der Waals surface area contributed by atoms with Crippen LogP contribution in [0, 0.1) is 0 Å². The highest BCUT2D eigenvalue weighted by Gasteiger charge is 2.39. The molecule has 0 aromatic heterocycles. The fourth-order valence-electron chi connectivity index (χ4n) is 3.51. The van der Waals surface area contributed by atoms with E-state index in [1.54, 1.807) is 12.1 Å². The zero-order valence-corrected chi connectivity index (χ0v) is 11.5. The minimum Gasteiger partial charge on any atom is -0.406 e. The van der Waals surface area contributed by atoms with Crippen LogP contribution < -0.4 is 4.74 Å². The average molecular weight is 301 g/mol. The number of benzene rings is 1. The van der Waals surface area contributed by atoms with E-state index in [1.807, 2.05) is 0 Å². The van der Waals surface area contributed by atoms with Crippen molar-refractivity contribution in [1.82, 2.24) is 4.90 Å². The monoisotopic (exact) mass is 301 g/mol. The predicted octanol–water partition coefficient (Wildman–Crippen LogP) is 3.07. The first-order valence-electron chi connectivity index (χ1n) is 7.19. The van der Waals surface area contributed by atoms with Crippen molar-refractivity contribution < 1.29 is 23.0 Å². The summed E-state index contributed by atoms with van der Waals surface area (Å²) >= 11 is 0. The van der Waals surface area contributed by atoms with Gasteiger partial charge in [-0.3, -0.25) is 4.90 Å². The maximum Gasteiger partial charge on any atom is 0.573 e. The van der Waals surface area contributed by atoms with E-state index in [-0.39, 0.29) is 11.9 Å². The summed E-state index contributed by atoms with van der Waals surface area (Å²) in [5, 5.41) is 9.77. The van der Waals surface area contributed by atoms with Crippen LogP contribution in [0.4, 0.5) is 13.2 Å². The Hall–Kier alpha value is -1.27. The maximum atomic E-state index is 12.1. The minimum atomic E-state index is -4.65. The molecule has 0 amide bonds. The number of fused-ring (bicyclic) bond motifs is 2. The summed E-state index contributed by atoms with van der Waals surface area (Å²) in [4.78, 5) is 2.37. The quantitative estimate of drug-likeness (QED) is 0.931. The molecule has 2 atom stereocenters. The van der Waals surface area contributed by atoms with E-state index >= 15 is 0 Å². The summed E-state index contributed by atoms with van der Waals surface area (Å²) < 4.78 is 40.2. The van der Waals surface area contributed by atoms with Crippen LogP contribution in [0.25, 0.3) is 0 Å². The normalized spacial score (nSPS) is 29.6. The minimum absolute atomic E-state index is 0.191. The molecular formula is C15H18F3NO2. The van der Waals surface area contributed by atoms with Gasteiger partial charge < -0.3 is 9.84 Å². The lowest BCUT2D eigenvalue weighted by Crippen LogP contribution is -2.44. The van der Waals surface area contributed by atoms with Gasteiger partial charge in [-0.05, 0) is 43.4 Å². The highest BCUT2D eigenvalue weighted by Crippen LogP contribution is 2.37. The molecule has 1 aromatic rings. The molecule has 0 aliphatic carbocycles. The number of aliphatic hydroxyl groups excluding tert-OH is 1. The molecule has 2 aliphatic rings. The standard InChI is InChI=1S/C15H18F3NO2/c16-15(17,18)21-14-5-1-10(2-6-14)9-19-11-3-4-12(19)8-13(20)7-11/h1-2,5-6,11-13,20H,3-4,7-9H2. The first kappa shape index (κ1) is 14.7. The Kier molecular flexibility index (Phi) is 3.84. The van der Waals surface area contributed by atoms with Gasteiger partial charge in [0.15, 0.2) is 0 Å². The number of halogens is 3. The lowest BCUT2D eigenvalue weighted by atomic mass is 9.99. The molecule has 2 aliphatic heterocycles. The summed E-state index contributed by atoms with van der Waals surface area (Å²) in [6.07, 6.45) is -1.07. The lowest BCUT2D eigenvalue weighted by Gasteiger charge is -2.37. The Bertz CT molecular complexity index is 475. The second-order valence-corrected chi connectivity index (χ2v) is 5.87. The molecule has 0 spiro atoms. The van der Waals surface area contributed by atoms with Crippen LogP contribution >= 0.6 is 0 Å². The molecule has 2 unspecified atom stereocenters. The number of hydrogen-bond acceptors (Lipinski definition) is 3. The van der Waals surface area contributed by atoms with Crippen molar-refractivity contribution >= 4 is 0 Å². The Morgan fingerprint density at radius 1 is 1.10 bits per heavy atom. The third kappa shape index (κ3) is 3.49. The molecule has 1 N–H and O–H groups in total. The molecule has 2 fully saturated rings. The largest absolute Gasteiger partial charge is 0.573 e. The van der Waals surface area contributed by atoms with E-state index in [9.17, 15) is 18.3 Å². The number of piperidine rings is 1. The number of hydrogen-bond donors (Lipinski definition) is 1. The molecule has 0 saturated carbocycles. The van der Waals surface area contributed by atoms with Gasteiger partial charge in [-0.2, -0.15) is 0 Å². The molecule has 6 heteroatoms. The van der Waals surface area contributed by atoms with E-state index in [1.165, 1.54) is 12.1 Å². The summed E-state index contributed by atoms with van der Waals surface area (Å²) in [7, 11) is 0. The van der Waals surface area contributed by atoms with Gasteiger partial charge in [0, 0.05) is 18.6 Å². The van der Waals surface area contributed by atoms with Crippen LogP contribution in [0.5, 0.6) is 5.75 Å². The van der Waals surface area contributed by atoms with E-state index in [4.69, 9.17) is 0 Å². The Balaban J connectivity index is 1.63. The number of aliphatic hydroxyl groups is 1. The van der Waals surface area contributed by atoms with Crippen molar-refractivity contribution in [2.75, 3.05) is 0 Å². The van der Waals surface area contributed by atoms with E-state index in [0.29, 0.717) is 18.6 Å². The molecule has 2 bridgehead atoms. The van der Waals surface area contributed by atoms with Gasteiger partial charge in [0.05, 0.1) is 6.10 Å². The SMILES string of the molecule is OC1CC2CCC(C1)N2Cc1ccc(OC(F)(F)F)cc1. The molecule has 1 aromatic carbocycles. The van der Waals surface area contributed by atoms with E-state index in [0.717, 1.165) is 31.2 Å². The summed E-state index contributed by atoms with van der Waals surface area (Å²) in [5.41, 5.74) is 0.970. The Morgan fingerprint density at radius 2 is 1.67 bits per heavy atom. The number of rotatable bonds is 3. The molecule has 2 heterocycles. The second kappa shape index (κ2) is 5.50. The van der Waals surface area contributed by atoms with Crippen LogP contribution in [-0.2, 0) is 6.54 Å². The molecule has 0 radical (unpaired) electrons. The van der Waals surface area contributed by atoms with Crippen molar-refractivity contribution in [3.8, 4) is 5.75 Å². The molecule has 2 saturated heterocycles. The van der Waals surface area contributed by atoms with Gasteiger partial charge in [0.25, 0.3) is 0 Å². The van der Waals surface area contributed by atoms with Gasteiger partial charge >= 0.3 is 6.36 Å². The van der Waals surface area contributed by atoms with Crippen molar-refractivity contribution in [3.63, 3.8) is 0 Å². The van der Waals surface area contributed by atoms with Gasteiger partial charge in [-0.15, -0.1) is 13.2 Å². The van der Waals surface area contributed by atoms with Crippen LogP contribution in [0.3, 0.4) is 0 Å². The molecule has 3 nitrogen and oxygen atoms in total. The first-order chi connectivity index (χ1) is 9.90. The van der Waals surface area contributed by atoms with E-state index < -0.39 is 6.36 Å². The fourth-order valence-corrected chi connectivity index (χ4v) is 3.51. The smallest absolute Gasteiger partial charge is 0.406 e. The Morgan fingerprint density at radius 3 is 2.19 bits per heavy atom. The highest BCUT2D eigenvalue weighted by molar-refractivity contribution is 5.27. The predicted molar refractivity (Wildman–Crippen MR) is 70.7 cm³/mol. The Labute approximate surface area is 121 Å². The number of nitrogens with zero attached hydrogens (tertiary/aromatic N) is 1. The van der Waals surface area contributed by atoms with Gasteiger partial charge in [-0.25, -0.2) is 0 Å². The van der Waals surface area contributed by atoms with Crippen molar-refractivity contribution in [2.45, 2.75) is 56.8 Å². The third-order valence-corrected chi connectivity index (χ3v) is 4.38. The molecular weight excluding hydrogens is 283 g/mol. The van der Waals surface area contributed by atoms with E-state index in [2.05, 4.69) is 9.64 Å². The van der Waals surface area contributed by atoms with Crippen LogP contribution in [0.1, 0.15) is 31.2 Å². The topological polar surface area (TPSA) is 32.7 Å². The van der Waals surface area contributed by atoms with Crippen molar-refractivity contribution in [2.24, 2.45) is 0 Å². The molecule has 21 heavy (non-hydrogen) atoms. The maximum absolute atomic E-state index is 12.1. The second-order valence-electron chi connectivity index (χ2n) is 5.87. The summed E-state index contributed by atoms with van der Waals surface area (Å²) in [6, 6.07) is 6.83. The van der Waals surface area contributed by atoms with Gasteiger partial charge in [-0.1, -0.05) is 12.1 Å². The lowest BCUT2D eigenvalue weighted by molar-refractivity contribution is -0.274. The average Bonchev–Trinajstić information content (AvgIpc) is 2.63.